The lowest BCUT2D eigenvalue weighted by atomic mass is 10.2. The van der Waals surface area contributed by atoms with Crippen molar-refractivity contribution >= 4 is 51.9 Å². The van der Waals surface area contributed by atoms with Gasteiger partial charge in [-0.3, -0.25) is 4.98 Å². The maximum atomic E-state index is 11.8. The van der Waals surface area contributed by atoms with Crippen molar-refractivity contribution in [2.45, 2.75) is 0 Å². The van der Waals surface area contributed by atoms with Crippen LogP contribution in [0.25, 0.3) is 22.4 Å². The molecule has 0 aliphatic rings. The van der Waals surface area contributed by atoms with Gasteiger partial charge in [0.25, 0.3) is 0 Å². The minimum absolute atomic E-state index is 0.225. The van der Waals surface area contributed by atoms with E-state index in [1.165, 1.54) is 17.0 Å². The molecule has 21 heavy (non-hydrogen) atoms. The van der Waals surface area contributed by atoms with Crippen LogP contribution >= 0.6 is 34.8 Å². The monoisotopic (exact) mass is 340 g/mol. The quantitative estimate of drug-likeness (QED) is 0.727. The van der Waals surface area contributed by atoms with Gasteiger partial charge in [0.2, 0.25) is 0 Å². The number of hydrogen-bond donors (Lipinski definition) is 1. The van der Waals surface area contributed by atoms with Crippen LogP contribution in [-0.2, 0) is 0 Å². The van der Waals surface area contributed by atoms with Crippen LogP contribution in [0.4, 0.5) is 4.79 Å². The van der Waals surface area contributed by atoms with Crippen LogP contribution in [0.15, 0.2) is 30.6 Å². The van der Waals surface area contributed by atoms with Crippen LogP contribution in [0, 0.1) is 0 Å². The summed E-state index contributed by atoms with van der Waals surface area (Å²) < 4.78 is 1.17. The third-order valence-corrected chi connectivity index (χ3v) is 3.83. The van der Waals surface area contributed by atoms with E-state index in [2.05, 4.69) is 9.97 Å². The standard InChI is InChI=1S/C13H7Cl3N4O/c14-6-2-1-3-7(15)10(6)12-19-9-5-18-4-8(16)11(9)20(12)13(17)21/h1-5H,(H2,17,21). The zero-order valence-electron chi connectivity index (χ0n) is 10.3. The molecule has 1 aromatic carbocycles. The molecule has 0 unspecified atom stereocenters. The van der Waals surface area contributed by atoms with E-state index in [0.717, 1.165) is 0 Å². The lowest BCUT2D eigenvalue weighted by Gasteiger charge is -2.08. The minimum atomic E-state index is -0.739. The number of imidazole rings is 1. The zero-order chi connectivity index (χ0) is 15.1. The third-order valence-electron chi connectivity index (χ3n) is 2.92. The van der Waals surface area contributed by atoms with Gasteiger partial charge in [0.1, 0.15) is 5.52 Å². The Labute approximate surface area is 134 Å². The smallest absolute Gasteiger partial charge is 0.325 e. The van der Waals surface area contributed by atoms with Crippen LogP contribution in [0.2, 0.25) is 15.1 Å². The van der Waals surface area contributed by atoms with E-state index >= 15 is 0 Å². The fourth-order valence-corrected chi connectivity index (χ4v) is 2.89. The molecule has 0 saturated heterocycles. The van der Waals surface area contributed by atoms with Crippen molar-refractivity contribution < 1.29 is 4.79 Å². The number of primary amides is 1. The zero-order valence-corrected chi connectivity index (χ0v) is 12.6. The highest BCUT2D eigenvalue weighted by molar-refractivity contribution is 6.39. The van der Waals surface area contributed by atoms with Gasteiger partial charge in [0.15, 0.2) is 5.82 Å². The Kier molecular flexibility index (Phi) is 3.49. The Hall–Kier alpha value is -1.82. The van der Waals surface area contributed by atoms with Crippen molar-refractivity contribution in [1.29, 1.82) is 0 Å². The van der Waals surface area contributed by atoms with E-state index in [1.807, 2.05) is 0 Å². The maximum Gasteiger partial charge on any atom is 0.325 e. The number of fused-ring (bicyclic) bond motifs is 1. The number of carbonyl (C=O) groups excluding carboxylic acids is 1. The number of nitrogens with zero attached hydrogens (tertiary/aromatic N) is 3. The van der Waals surface area contributed by atoms with E-state index in [1.54, 1.807) is 18.2 Å². The molecule has 0 bridgehead atoms. The number of benzene rings is 1. The number of hydrogen-bond acceptors (Lipinski definition) is 3. The molecule has 8 heteroatoms. The average molecular weight is 342 g/mol. The van der Waals surface area contributed by atoms with Crippen LogP contribution < -0.4 is 5.73 Å². The first-order valence-electron chi connectivity index (χ1n) is 5.77. The lowest BCUT2D eigenvalue weighted by Crippen LogP contribution is -2.20. The van der Waals surface area contributed by atoms with Gasteiger partial charge in [-0.25, -0.2) is 14.3 Å². The Morgan fingerprint density at radius 3 is 2.38 bits per heavy atom. The third kappa shape index (κ3) is 2.23. The van der Waals surface area contributed by atoms with E-state index in [0.29, 0.717) is 26.6 Å². The van der Waals surface area contributed by atoms with E-state index in [4.69, 9.17) is 40.5 Å². The molecule has 0 aliphatic heterocycles. The molecule has 3 aromatic rings. The molecule has 3 rings (SSSR count). The largest absolute Gasteiger partial charge is 0.351 e. The summed E-state index contributed by atoms with van der Waals surface area (Å²) in [6, 6.07) is 4.25. The number of rotatable bonds is 1. The van der Waals surface area contributed by atoms with Crippen LogP contribution in [-0.4, -0.2) is 20.6 Å². The number of amides is 1. The second-order valence-corrected chi connectivity index (χ2v) is 5.42. The average Bonchev–Trinajstić information content (AvgIpc) is 2.79. The molecule has 2 N–H and O–H groups in total. The Morgan fingerprint density at radius 1 is 1.10 bits per heavy atom. The van der Waals surface area contributed by atoms with Gasteiger partial charge in [-0.1, -0.05) is 40.9 Å². The summed E-state index contributed by atoms with van der Waals surface area (Å²) in [6.07, 6.45) is 2.89. The number of aromatic nitrogens is 3. The van der Waals surface area contributed by atoms with Gasteiger partial charge in [-0.05, 0) is 12.1 Å². The van der Waals surface area contributed by atoms with Gasteiger partial charge in [-0.2, -0.15) is 0 Å². The highest BCUT2D eigenvalue weighted by Crippen LogP contribution is 2.36. The van der Waals surface area contributed by atoms with Crippen molar-refractivity contribution in [3.05, 3.63) is 45.7 Å². The summed E-state index contributed by atoms with van der Waals surface area (Å²) in [7, 11) is 0. The first-order chi connectivity index (χ1) is 10.0. The summed E-state index contributed by atoms with van der Waals surface area (Å²) >= 11 is 18.4. The molecule has 0 saturated carbocycles. The summed E-state index contributed by atoms with van der Waals surface area (Å²) in [5.74, 6) is 0.225. The van der Waals surface area contributed by atoms with Crippen molar-refractivity contribution in [2.75, 3.05) is 0 Å². The predicted molar refractivity (Wildman–Crippen MR) is 83.0 cm³/mol. The fraction of sp³-hybridized carbons (Fsp3) is 0. The SMILES string of the molecule is NC(=O)n1c(-c2c(Cl)cccc2Cl)nc2cncc(Cl)c21. The van der Waals surface area contributed by atoms with E-state index < -0.39 is 6.03 Å². The molecule has 0 aliphatic carbocycles. The van der Waals surface area contributed by atoms with Crippen LogP contribution in [0.3, 0.4) is 0 Å². The van der Waals surface area contributed by atoms with Crippen molar-refractivity contribution in [2.24, 2.45) is 5.73 Å². The molecule has 0 spiro atoms. The molecule has 1 amide bonds. The van der Waals surface area contributed by atoms with Gasteiger partial charge in [0, 0.05) is 6.20 Å². The van der Waals surface area contributed by atoms with Crippen LogP contribution in [0.5, 0.6) is 0 Å². The number of halogens is 3. The Bertz CT molecular complexity index is 855. The molecule has 106 valence electrons. The number of pyridine rings is 1. The summed E-state index contributed by atoms with van der Waals surface area (Å²) in [4.78, 5) is 20.1. The lowest BCUT2D eigenvalue weighted by molar-refractivity contribution is 0.251. The first kappa shape index (κ1) is 14.1. The normalized spacial score (nSPS) is 11.0. The van der Waals surface area contributed by atoms with E-state index in [9.17, 15) is 4.79 Å². The van der Waals surface area contributed by atoms with Crippen molar-refractivity contribution in [1.82, 2.24) is 14.5 Å². The Morgan fingerprint density at radius 2 is 1.76 bits per heavy atom. The summed E-state index contributed by atoms with van der Waals surface area (Å²) in [5, 5.41) is 0.960. The van der Waals surface area contributed by atoms with Crippen molar-refractivity contribution in [3.63, 3.8) is 0 Å². The first-order valence-corrected chi connectivity index (χ1v) is 6.90. The topological polar surface area (TPSA) is 73.8 Å². The fourth-order valence-electron chi connectivity index (χ4n) is 2.08. The maximum absolute atomic E-state index is 11.8. The predicted octanol–water partition coefficient (Wildman–Crippen LogP) is 3.99. The Balaban J connectivity index is 2.46. The molecule has 2 aromatic heterocycles. The van der Waals surface area contributed by atoms with Gasteiger partial charge in [0.05, 0.1) is 32.3 Å². The van der Waals surface area contributed by atoms with Gasteiger partial charge in [-0.15, -0.1) is 0 Å². The molecular formula is C13H7Cl3N4O. The number of nitrogens with two attached hydrogens (primary N) is 1. The second-order valence-electron chi connectivity index (χ2n) is 4.19. The minimum Gasteiger partial charge on any atom is -0.351 e. The van der Waals surface area contributed by atoms with Gasteiger partial charge >= 0.3 is 6.03 Å². The van der Waals surface area contributed by atoms with Crippen molar-refractivity contribution in [3.8, 4) is 11.4 Å². The molecule has 2 heterocycles. The highest BCUT2D eigenvalue weighted by Gasteiger charge is 2.22. The summed E-state index contributed by atoms with van der Waals surface area (Å²) in [5.41, 5.74) is 6.65. The number of carbonyl (C=O) groups is 1. The molecule has 0 fully saturated rings. The highest BCUT2D eigenvalue weighted by atomic mass is 35.5. The molecular weight excluding hydrogens is 335 g/mol. The molecule has 5 nitrogen and oxygen atoms in total. The molecule has 0 radical (unpaired) electrons. The summed E-state index contributed by atoms with van der Waals surface area (Å²) in [6.45, 7) is 0. The second kappa shape index (κ2) is 5.18. The molecule has 0 atom stereocenters. The van der Waals surface area contributed by atoms with Crippen LogP contribution in [0.1, 0.15) is 0 Å². The van der Waals surface area contributed by atoms with E-state index in [-0.39, 0.29) is 10.8 Å². The van der Waals surface area contributed by atoms with Gasteiger partial charge < -0.3 is 5.73 Å².